The van der Waals surface area contributed by atoms with Gasteiger partial charge in [-0.2, -0.15) is 0 Å². The first kappa shape index (κ1) is 18.5. The number of aryl methyl sites for hydroxylation is 2. The smallest absolute Gasteiger partial charge is 0.0939 e. The highest BCUT2D eigenvalue weighted by Crippen LogP contribution is 2.29. The van der Waals surface area contributed by atoms with Crippen molar-refractivity contribution in [1.82, 2.24) is 14.9 Å². The van der Waals surface area contributed by atoms with Crippen molar-refractivity contribution in [1.29, 1.82) is 0 Å². The minimum Gasteiger partial charge on any atom is -0.392 e. The Labute approximate surface area is 164 Å². The molecule has 1 fully saturated rings. The summed E-state index contributed by atoms with van der Waals surface area (Å²) in [6.45, 7) is 5.62. The molecule has 0 atom stereocenters. The number of aliphatic hydroxyl groups excluding tert-OH is 1. The molecule has 0 unspecified atom stereocenters. The molecule has 1 aromatic carbocycles. The molecule has 2 aromatic heterocycles. The second-order valence-corrected chi connectivity index (χ2v) is 8.54. The highest BCUT2D eigenvalue weighted by atomic mass is 32.1. The first-order valence-corrected chi connectivity index (χ1v) is 10.7. The van der Waals surface area contributed by atoms with Gasteiger partial charge in [-0.25, -0.2) is 4.98 Å². The molecule has 27 heavy (non-hydrogen) atoms. The van der Waals surface area contributed by atoms with Crippen LogP contribution >= 0.6 is 11.3 Å². The summed E-state index contributed by atoms with van der Waals surface area (Å²) >= 11 is 1.85. The Kier molecular flexibility index (Phi) is 5.81. The fraction of sp³-hybridized carbons (Fsp3) is 0.455. The van der Waals surface area contributed by atoms with Crippen molar-refractivity contribution in [3.63, 3.8) is 0 Å². The van der Waals surface area contributed by atoms with E-state index in [9.17, 15) is 5.11 Å². The van der Waals surface area contributed by atoms with Crippen LogP contribution in [-0.4, -0.2) is 39.6 Å². The van der Waals surface area contributed by atoms with Crippen molar-refractivity contribution in [2.75, 3.05) is 19.6 Å². The van der Waals surface area contributed by atoms with Crippen molar-refractivity contribution in [2.45, 2.75) is 45.1 Å². The standard InChI is InChI=1S/C22H27N3OS/c1-16-5-2-7-19-22(16)27-20(24-19)8-4-12-25-13-9-17(10-14-25)21-18(15-26)6-3-11-23-21/h2-3,5-7,11,17,26H,4,8-10,12-15H2,1H3. The molecule has 0 amide bonds. The number of hydrogen-bond donors (Lipinski definition) is 1. The molecule has 1 aliphatic heterocycles. The quantitative estimate of drug-likeness (QED) is 0.691. The lowest BCUT2D eigenvalue weighted by atomic mass is 9.90. The molecule has 3 aromatic rings. The summed E-state index contributed by atoms with van der Waals surface area (Å²) in [6.07, 6.45) is 6.33. The van der Waals surface area contributed by atoms with Crippen LogP contribution in [0.3, 0.4) is 0 Å². The number of likely N-dealkylation sites (tertiary alicyclic amines) is 1. The first-order valence-electron chi connectivity index (χ1n) is 9.86. The van der Waals surface area contributed by atoms with E-state index in [4.69, 9.17) is 4.98 Å². The van der Waals surface area contributed by atoms with Crippen LogP contribution in [0.2, 0.25) is 0 Å². The maximum absolute atomic E-state index is 9.54. The molecule has 0 spiro atoms. The minimum atomic E-state index is 0.0883. The van der Waals surface area contributed by atoms with Gasteiger partial charge in [-0.15, -0.1) is 11.3 Å². The van der Waals surface area contributed by atoms with E-state index in [1.54, 1.807) is 0 Å². The van der Waals surface area contributed by atoms with Gasteiger partial charge in [0.1, 0.15) is 0 Å². The molecule has 3 heterocycles. The maximum atomic E-state index is 9.54. The third kappa shape index (κ3) is 4.21. The van der Waals surface area contributed by atoms with Gasteiger partial charge in [-0.1, -0.05) is 18.2 Å². The monoisotopic (exact) mass is 381 g/mol. The van der Waals surface area contributed by atoms with Gasteiger partial charge in [0.25, 0.3) is 0 Å². The molecule has 0 bridgehead atoms. The fourth-order valence-corrected chi connectivity index (χ4v) is 5.15. The zero-order valence-corrected chi connectivity index (χ0v) is 16.7. The highest BCUT2D eigenvalue weighted by Gasteiger charge is 2.23. The topological polar surface area (TPSA) is 49.2 Å². The lowest BCUT2D eigenvalue weighted by molar-refractivity contribution is 0.206. The second-order valence-electron chi connectivity index (χ2n) is 7.46. The largest absolute Gasteiger partial charge is 0.392 e. The number of hydrogen-bond acceptors (Lipinski definition) is 5. The Morgan fingerprint density at radius 1 is 1.19 bits per heavy atom. The summed E-state index contributed by atoms with van der Waals surface area (Å²) in [5.74, 6) is 0.483. The predicted molar refractivity (Wildman–Crippen MR) is 111 cm³/mol. The number of pyridine rings is 1. The normalized spacial score (nSPS) is 16.2. The molecular weight excluding hydrogens is 354 g/mol. The lowest BCUT2D eigenvalue weighted by Gasteiger charge is -2.32. The Bertz CT molecular complexity index is 899. The van der Waals surface area contributed by atoms with Gasteiger partial charge < -0.3 is 10.0 Å². The summed E-state index contributed by atoms with van der Waals surface area (Å²) < 4.78 is 1.34. The van der Waals surface area contributed by atoms with E-state index in [1.165, 1.54) is 15.3 Å². The summed E-state index contributed by atoms with van der Waals surface area (Å²) in [6, 6.07) is 10.3. The van der Waals surface area contributed by atoms with Gasteiger partial charge in [0.05, 0.1) is 21.8 Å². The van der Waals surface area contributed by atoms with Crippen LogP contribution in [0.15, 0.2) is 36.5 Å². The summed E-state index contributed by atoms with van der Waals surface area (Å²) in [4.78, 5) is 11.9. The molecule has 142 valence electrons. The average Bonchev–Trinajstić information content (AvgIpc) is 3.13. The van der Waals surface area contributed by atoms with Crippen LogP contribution in [0.5, 0.6) is 0 Å². The van der Waals surface area contributed by atoms with E-state index in [1.807, 2.05) is 29.7 Å². The molecule has 4 rings (SSSR count). The number of thiazole rings is 1. The molecule has 0 radical (unpaired) electrons. The number of aromatic nitrogens is 2. The molecule has 4 nitrogen and oxygen atoms in total. The SMILES string of the molecule is Cc1cccc2nc(CCCN3CCC(c4ncccc4CO)CC3)sc12. The molecule has 1 saturated heterocycles. The van der Waals surface area contributed by atoms with E-state index in [-0.39, 0.29) is 6.61 Å². The zero-order chi connectivity index (χ0) is 18.6. The van der Waals surface area contributed by atoms with E-state index in [2.05, 4.69) is 35.0 Å². The molecule has 5 heteroatoms. The van der Waals surface area contributed by atoms with E-state index >= 15 is 0 Å². The molecule has 0 aliphatic carbocycles. The van der Waals surface area contributed by atoms with Crippen molar-refractivity contribution in [2.24, 2.45) is 0 Å². The Morgan fingerprint density at radius 3 is 2.81 bits per heavy atom. The number of aliphatic hydroxyl groups is 1. The number of piperidine rings is 1. The van der Waals surface area contributed by atoms with Gasteiger partial charge in [0.15, 0.2) is 0 Å². The van der Waals surface area contributed by atoms with Gasteiger partial charge in [-0.05, 0) is 69.1 Å². The van der Waals surface area contributed by atoms with E-state index in [0.29, 0.717) is 5.92 Å². The Balaban J connectivity index is 1.27. The van der Waals surface area contributed by atoms with E-state index in [0.717, 1.165) is 62.1 Å². The van der Waals surface area contributed by atoms with Gasteiger partial charge in [0, 0.05) is 24.2 Å². The van der Waals surface area contributed by atoms with Gasteiger partial charge >= 0.3 is 0 Å². The van der Waals surface area contributed by atoms with E-state index < -0.39 is 0 Å². The molecule has 1 aliphatic rings. The predicted octanol–water partition coefficient (Wildman–Crippen LogP) is 4.30. The highest BCUT2D eigenvalue weighted by molar-refractivity contribution is 7.18. The fourth-order valence-electron chi connectivity index (χ4n) is 4.08. The summed E-state index contributed by atoms with van der Waals surface area (Å²) in [5, 5.41) is 10.8. The van der Waals surface area contributed by atoms with Crippen LogP contribution in [0.25, 0.3) is 10.2 Å². The van der Waals surface area contributed by atoms with Crippen molar-refractivity contribution < 1.29 is 5.11 Å². The molecule has 0 saturated carbocycles. The van der Waals surface area contributed by atoms with Gasteiger partial charge in [-0.3, -0.25) is 4.98 Å². The maximum Gasteiger partial charge on any atom is 0.0939 e. The van der Waals surface area contributed by atoms with Crippen LogP contribution in [0.1, 0.15) is 47.0 Å². The number of nitrogens with zero attached hydrogens (tertiary/aromatic N) is 3. The first-order chi connectivity index (χ1) is 13.2. The summed E-state index contributed by atoms with van der Waals surface area (Å²) in [7, 11) is 0. The van der Waals surface area contributed by atoms with Crippen LogP contribution in [0, 0.1) is 6.92 Å². The van der Waals surface area contributed by atoms with Crippen LogP contribution in [-0.2, 0) is 13.0 Å². The van der Waals surface area contributed by atoms with Gasteiger partial charge in [0.2, 0.25) is 0 Å². The van der Waals surface area contributed by atoms with Crippen molar-refractivity contribution >= 4 is 21.6 Å². The summed E-state index contributed by atoms with van der Waals surface area (Å²) in [5.41, 5.74) is 4.56. The van der Waals surface area contributed by atoms with Crippen molar-refractivity contribution in [3.8, 4) is 0 Å². The minimum absolute atomic E-state index is 0.0883. The number of benzene rings is 1. The van der Waals surface area contributed by atoms with Crippen molar-refractivity contribution in [3.05, 3.63) is 58.4 Å². The number of fused-ring (bicyclic) bond motifs is 1. The third-order valence-corrected chi connectivity index (χ3v) is 6.86. The zero-order valence-electron chi connectivity index (χ0n) is 15.9. The average molecular weight is 382 g/mol. The third-order valence-electron chi connectivity index (χ3n) is 5.59. The second kappa shape index (κ2) is 8.46. The Morgan fingerprint density at radius 2 is 2.04 bits per heavy atom. The van der Waals surface area contributed by atoms with Crippen LogP contribution < -0.4 is 0 Å². The number of rotatable bonds is 6. The van der Waals surface area contributed by atoms with Crippen LogP contribution in [0.4, 0.5) is 0 Å². The molecule has 1 N–H and O–H groups in total. The lowest BCUT2D eigenvalue weighted by Crippen LogP contribution is -2.34. The molecular formula is C22H27N3OS. The Hall–Kier alpha value is -1.82.